The molecule has 0 aliphatic rings. The molecule has 1 N–H and O–H groups in total. The molecule has 1 atom stereocenters. The number of rotatable bonds is 8. The van der Waals surface area contributed by atoms with Crippen molar-refractivity contribution in [2.24, 2.45) is 11.8 Å². The number of ether oxygens (including phenoxy) is 2. The van der Waals surface area contributed by atoms with Gasteiger partial charge in [0.2, 0.25) is 0 Å². The normalized spacial score (nSPS) is 12.0. The Morgan fingerprint density at radius 1 is 1.43 bits per heavy atom. The number of hydrogen-bond acceptors (Lipinski definition) is 5. The van der Waals surface area contributed by atoms with E-state index in [0.717, 1.165) is 0 Å². The number of aryl methyl sites for hydroxylation is 1. The fraction of sp³-hybridized carbons (Fsp3) is 0.556. The van der Waals surface area contributed by atoms with Gasteiger partial charge >= 0.3 is 5.97 Å². The maximum Gasteiger partial charge on any atom is 0.310 e. The fourth-order valence-electron chi connectivity index (χ4n) is 2.36. The molecular formula is C18H25NO4. The smallest absolute Gasteiger partial charge is 0.310 e. The number of esters is 1. The Labute approximate surface area is 138 Å². The zero-order valence-corrected chi connectivity index (χ0v) is 14.3. The van der Waals surface area contributed by atoms with Crippen LogP contribution in [0.4, 0.5) is 0 Å². The Kier molecular flexibility index (Phi) is 7.56. The molecule has 0 bridgehead atoms. The van der Waals surface area contributed by atoms with Gasteiger partial charge in [0.25, 0.3) is 0 Å². The number of aromatic nitrogens is 1. The lowest BCUT2D eigenvalue weighted by atomic mass is 9.94. The van der Waals surface area contributed by atoms with Crippen LogP contribution in [0.1, 0.15) is 43.5 Å². The maximum absolute atomic E-state index is 12.3. The first-order chi connectivity index (χ1) is 10.9. The van der Waals surface area contributed by atoms with Gasteiger partial charge in [0.05, 0.1) is 18.2 Å². The summed E-state index contributed by atoms with van der Waals surface area (Å²) in [5.41, 5.74) is 1.70. The molecule has 1 unspecified atom stereocenters. The standard InChI is InChI=1S/C18H25NO4/c1-6-7-14(8-12(2)3)18(21)23-11-16-15(10-22-5)9-19-13(4)17(16)20/h1,9,12,14,20H,7-8,10-11H2,2-5H3. The third-order valence-corrected chi connectivity index (χ3v) is 3.54. The van der Waals surface area contributed by atoms with Crippen molar-refractivity contribution in [2.75, 3.05) is 7.11 Å². The second kappa shape index (κ2) is 9.16. The summed E-state index contributed by atoms with van der Waals surface area (Å²) in [7, 11) is 1.55. The number of carbonyl (C=O) groups is 1. The largest absolute Gasteiger partial charge is 0.506 e. The van der Waals surface area contributed by atoms with Crippen LogP contribution < -0.4 is 0 Å². The van der Waals surface area contributed by atoms with Crippen molar-refractivity contribution in [3.05, 3.63) is 23.0 Å². The molecule has 0 aliphatic heterocycles. The first kappa shape index (κ1) is 19.0. The molecule has 0 fully saturated rings. The Balaban J connectivity index is 2.85. The number of aromatic hydroxyl groups is 1. The minimum absolute atomic E-state index is 0.0219. The lowest BCUT2D eigenvalue weighted by molar-refractivity contribution is -0.150. The summed E-state index contributed by atoms with van der Waals surface area (Å²) in [6.07, 6.45) is 7.98. The number of pyridine rings is 1. The van der Waals surface area contributed by atoms with E-state index >= 15 is 0 Å². The lowest BCUT2D eigenvalue weighted by Gasteiger charge is -2.17. The number of hydrogen-bond donors (Lipinski definition) is 1. The van der Waals surface area contributed by atoms with Gasteiger partial charge in [-0.25, -0.2) is 0 Å². The molecule has 1 aromatic rings. The number of carbonyl (C=O) groups excluding carboxylic acids is 1. The van der Waals surface area contributed by atoms with E-state index in [0.29, 0.717) is 35.6 Å². The molecule has 1 rings (SSSR count). The van der Waals surface area contributed by atoms with Crippen molar-refractivity contribution in [1.29, 1.82) is 0 Å². The van der Waals surface area contributed by atoms with Gasteiger partial charge in [-0.2, -0.15) is 0 Å². The molecule has 0 amide bonds. The van der Waals surface area contributed by atoms with Crippen molar-refractivity contribution in [2.45, 2.75) is 46.8 Å². The lowest BCUT2D eigenvalue weighted by Crippen LogP contribution is -2.19. The van der Waals surface area contributed by atoms with Crippen LogP contribution in [0.15, 0.2) is 6.20 Å². The van der Waals surface area contributed by atoms with Crippen LogP contribution >= 0.6 is 0 Å². The molecule has 0 aromatic carbocycles. The van der Waals surface area contributed by atoms with E-state index in [9.17, 15) is 9.90 Å². The van der Waals surface area contributed by atoms with E-state index in [2.05, 4.69) is 10.9 Å². The van der Waals surface area contributed by atoms with Gasteiger partial charge in [-0.1, -0.05) is 13.8 Å². The number of nitrogens with zero attached hydrogens (tertiary/aromatic N) is 1. The predicted molar refractivity (Wildman–Crippen MR) is 87.5 cm³/mol. The van der Waals surface area contributed by atoms with Gasteiger partial charge in [0, 0.05) is 30.9 Å². The Morgan fingerprint density at radius 3 is 2.70 bits per heavy atom. The minimum Gasteiger partial charge on any atom is -0.506 e. The highest BCUT2D eigenvalue weighted by atomic mass is 16.5. The van der Waals surface area contributed by atoms with Crippen LogP contribution in [0, 0.1) is 31.1 Å². The second-order valence-electron chi connectivity index (χ2n) is 5.97. The van der Waals surface area contributed by atoms with E-state index in [1.54, 1.807) is 20.2 Å². The van der Waals surface area contributed by atoms with E-state index in [1.807, 2.05) is 13.8 Å². The zero-order chi connectivity index (χ0) is 17.4. The molecule has 5 nitrogen and oxygen atoms in total. The van der Waals surface area contributed by atoms with Crippen molar-refractivity contribution in [3.63, 3.8) is 0 Å². The highest BCUT2D eigenvalue weighted by Crippen LogP contribution is 2.26. The molecule has 0 aliphatic carbocycles. The molecule has 126 valence electrons. The van der Waals surface area contributed by atoms with Crippen molar-refractivity contribution >= 4 is 5.97 Å². The summed E-state index contributed by atoms with van der Waals surface area (Å²) in [6.45, 7) is 6.02. The van der Waals surface area contributed by atoms with Crippen LogP contribution in [0.25, 0.3) is 0 Å². The van der Waals surface area contributed by atoms with Gasteiger partial charge in [-0.05, 0) is 19.3 Å². The highest BCUT2D eigenvalue weighted by molar-refractivity contribution is 5.73. The average Bonchev–Trinajstić information content (AvgIpc) is 2.49. The minimum atomic E-state index is -0.339. The maximum atomic E-state index is 12.3. The first-order valence-corrected chi connectivity index (χ1v) is 7.66. The molecule has 0 saturated carbocycles. The van der Waals surface area contributed by atoms with Gasteiger partial charge in [-0.15, -0.1) is 12.3 Å². The monoisotopic (exact) mass is 319 g/mol. The van der Waals surface area contributed by atoms with Gasteiger partial charge in [0.15, 0.2) is 0 Å². The van der Waals surface area contributed by atoms with E-state index in [1.165, 1.54) is 0 Å². The summed E-state index contributed by atoms with van der Waals surface area (Å²) < 4.78 is 10.5. The Hall–Kier alpha value is -2.06. The Bertz CT molecular complexity index is 575. The fourth-order valence-corrected chi connectivity index (χ4v) is 2.36. The van der Waals surface area contributed by atoms with Crippen LogP contribution in [0.5, 0.6) is 5.75 Å². The highest BCUT2D eigenvalue weighted by Gasteiger charge is 2.22. The summed E-state index contributed by atoms with van der Waals surface area (Å²) in [5.74, 6) is 2.24. The van der Waals surface area contributed by atoms with Crippen LogP contribution in [0.3, 0.4) is 0 Å². The van der Waals surface area contributed by atoms with Crippen LogP contribution in [-0.2, 0) is 27.5 Å². The molecule has 0 radical (unpaired) electrons. The molecule has 1 aromatic heterocycles. The summed E-state index contributed by atoms with van der Waals surface area (Å²) in [4.78, 5) is 16.4. The Morgan fingerprint density at radius 2 is 2.13 bits per heavy atom. The SMILES string of the molecule is C#CCC(CC(C)C)C(=O)OCc1c(COC)cnc(C)c1O. The van der Waals surface area contributed by atoms with Crippen molar-refractivity contribution in [1.82, 2.24) is 4.98 Å². The first-order valence-electron chi connectivity index (χ1n) is 7.66. The second-order valence-corrected chi connectivity index (χ2v) is 5.97. The molecule has 0 saturated heterocycles. The third kappa shape index (κ3) is 5.57. The summed E-state index contributed by atoms with van der Waals surface area (Å²) >= 11 is 0. The van der Waals surface area contributed by atoms with Gasteiger partial charge < -0.3 is 14.6 Å². The van der Waals surface area contributed by atoms with E-state index < -0.39 is 0 Å². The molecule has 5 heteroatoms. The average molecular weight is 319 g/mol. The van der Waals surface area contributed by atoms with Crippen LogP contribution in [0.2, 0.25) is 0 Å². The van der Waals surface area contributed by atoms with Gasteiger partial charge in [-0.3, -0.25) is 9.78 Å². The molecule has 23 heavy (non-hydrogen) atoms. The van der Waals surface area contributed by atoms with Crippen LogP contribution in [-0.4, -0.2) is 23.2 Å². The zero-order valence-electron chi connectivity index (χ0n) is 14.3. The number of terminal acetylenes is 1. The molecule has 1 heterocycles. The van der Waals surface area contributed by atoms with E-state index in [-0.39, 0.29) is 30.9 Å². The third-order valence-electron chi connectivity index (χ3n) is 3.54. The van der Waals surface area contributed by atoms with Gasteiger partial charge in [0.1, 0.15) is 12.4 Å². The number of methoxy groups -OCH3 is 1. The summed E-state index contributed by atoms with van der Waals surface area (Å²) in [6, 6.07) is 0. The molecule has 0 spiro atoms. The van der Waals surface area contributed by atoms with Crippen molar-refractivity contribution in [3.8, 4) is 18.1 Å². The predicted octanol–water partition coefficient (Wildman–Crippen LogP) is 2.97. The molecular weight excluding hydrogens is 294 g/mol. The van der Waals surface area contributed by atoms with E-state index in [4.69, 9.17) is 15.9 Å². The topological polar surface area (TPSA) is 68.7 Å². The summed E-state index contributed by atoms with van der Waals surface area (Å²) in [5, 5.41) is 10.2. The quantitative estimate of drug-likeness (QED) is 0.589. The van der Waals surface area contributed by atoms with Crippen molar-refractivity contribution < 1.29 is 19.4 Å².